The molecule has 96 valence electrons. The molecule has 0 spiro atoms. The van der Waals surface area contributed by atoms with Crippen LogP contribution in [0.3, 0.4) is 0 Å². The Labute approximate surface area is 104 Å². The fourth-order valence-corrected chi connectivity index (χ4v) is 1.62. The Morgan fingerprint density at radius 3 is 2.53 bits per heavy atom. The smallest absolute Gasteiger partial charge is 0.222 e. The monoisotopic (exact) mass is 238 g/mol. The van der Waals surface area contributed by atoms with Crippen molar-refractivity contribution in [3.05, 3.63) is 0 Å². The van der Waals surface area contributed by atoms with Gasteiger partial charge in [0.25, 0.3) is 0 Å². The quantitative estimate of drug-likeness (QED) is 0.679. The second kappa shape index (κ2) is 5.52. The fourth-order valence-electron chi connectivity index (χ4n) is 1.62. The lowest BCUT2D eigenvalue weighted by Gasteiger charge is -2.15. The maximum Gasteiger partial charge on any atom is 0.222 e. The van der Waals surface area contributed by atoms with Crippen molar-refractivity contribution in [2.45, 2.75) is 66.0 Å². The van der Waals surface area contributed by atoms with Gasteiger partial charge in [-0.2, -0.15) is 0 Å². The van der Waals surface area contributed by atoms with E-state index >= 15 is 0 Å². The van der Waals surface area contributed by atoms with Gasteiger partial charge in [-0.1, -0.05) is 20.8 Å². The molecule has 0 aliphatic carbocycles. The van der Waals surface area contributed by atoms with Gasteiger partial charge in [-0.05, 0) is 20.3 Å². The summed E-state index contributed by atoms with van der Waals surface area (Å²) < 4.78 is 1.89. The molecule has 4 nitrogen and oxygen atoms in total. The molecule has 1 atom stereocenters. The molecule has 1 heterocycles. The van der Waals surface area contributed by atoms with Gasteiger partial charge in [0, 0.05) is 23.4 Å². The van der Waals surface area contributed by atoms with Crippen LogP contribution in [0.15, 0.2) is 10.3 Å². The third-order valence-electron chi connectivity index (χ3n) is 2.90. The Kier molecular flexibility index (Phi) is 4.54. The second-order valence-electron chi connectivity index (χ2n) is 5.96. The highest BCUT2D eigenvalue weighted by Gasteiger charge is 2.25. The molecule has 0 N–H and O–H groups in total. The van der Waals surface area contributed by atoms with E-state index in [0.29, 0.717) is 18.2 Å². The molecule has 1 aliphatic rings. The van der Waals surface area contributed by atoms with Crippen LogP contribution in [0.25, 0.3) is 0 Å². The van der Waals surface area contributed by atoms with Crippen molar-refractivity contribution in [3.8, 4) is 0 Å². The Hall–Kier alpha value is -1.06. The van der Waals surface area contributed by atoms with E-state index in [-0.39, 0.29) is 11.5 Å². The van der Waals surface area contributed by atoms with E-state index in [1.165, 1.54) is 0 Å². The minimum atomic E-state index is -0.217. The number of carbonyl (C=O) groups excluding carboxylic acids is 1. The van der Waals surface area contributed by atoms with E-state index < -0.39 is 0 Å². The van der Waals surface area contributed by atoms with E-state index in [4.69, 9.17) is 0 Å². The summed E-state index contributed by atoms with van der Waals surface area (Å²) in [5, 5.41) is 8.26. The predicted molar refractivity (Wildman–Crippen MR) is 68.4 cm³/mol. The standard InChI is InChI=1S/C13H24N3O/c1-10(2)16-9-11(14-15-16)7-6-8-12(17)13(3,4)5/h9-11H,6-8H2,1-5H3/q+1. The van der Waals surface area contributed by atoms with Crippen LogP contribution in [0.4, 0.5) is 0 Å². The summed E-state index contributed by atoms with van der Waals surface area (Å²) in [5.41, 5.74) is -0.217. The van der Waals surface area contributed by atoms with E-state index in [1.54, 1.807) is 0 Å². The van der Waals surface area contributed by atoms with Gasteiger partial charge in [0.1, 0.15) is 23.3 Å². The lowest BCUT2D eigenvalue weighted by Crippen LogP contribution is -2.20. The van der Waals surface area contributed by atoms with Gasteiger partial charge in [-0.3, -0.25) is 4.79 Å². The number of ketones is 1. The van der Waals surface area contributed by atoms with Crippen LogP contribution in [0.1, 0.15) is 53.9 Å². The van der Waals surface area contributed by atoms with Gasteiger partial charge in [0.2, 0.25) is 6.04 Å². The number of nitrogens with zero attached hydrogens (tertiary/aromatic N) is 3. The molecular weight excluding hydrogens is 214 g/mol. The average Bonchev–Trinajstić information content (AvgIpc) is 2.64. The largest absolute Gasteiger partial charge is 0.299 e. The highest BCUT2D eigenvalue weighted by molar-refractivity contribution is 5.83. The summed E-state index contributed by atoms with van der Waals surface area (Å²) in [6.45, 7) is 10.1. The zero-order valence-corrected chi connectivity index (χ0v) is 11.6. The van der Waals surface area contributed by atoms with Crippen LogP contribution in [0.2, 0.25) is 0 Å². The van der Waals surface area contributed by atoms with Gasteiger partial charge in [-0.25, -0.2) is 0 Å². The molecule has 0 fully saturated rings. The number of hydrogen-bond donors (Lipinski definition) is 0. The predicted octanol–water partition coefficient (Wildman–Crippen LogP) is 3.01. The number of carbonyl (C=O) groups is 1. The second-order valence-corrected chi connectivity index (χ2v) is 5.96. The van der Waals surface area contributed by atoms with Crippen LogP contribution in [0.5, 0.6) is 0 Å². The Morgan fingerprint density at radius 1 is 1.41 bits per heavy atom. The molecular formula is C13H24N3O+. The minimum Gasteiger partial charge on any atom is -0.299 e. The number of rotatable bonds is 5. The van der Waals surface area contributed by atoms with Crippen molar-refractivity contribution < 1.29 is 9.48 Å². The van der Waals surface area contributed by atoms with Gasteiger partial charge >= 0.3 is 0 Å². The van der Waals surface area contributed by atoms with Crippen LogP contribution in [-0.2, 0) is 4.79 Å². The van der Waals surface area contributed by atoms with Gasteiger partial charge < -0.3 is 0 Å². The molecule has 0 radical (unpaired) electrons. The first-order valence-electron chi connectivity index (χ1n) is 6.38. The normalized spacial score (nSPS) is 19.9. The number of Topliss-reactive ketones (excluding diaryl/α,β-unsaturated/α-hetero) is 1. The first-order valence-corrected chi connectivity index (χ1v) is 6.38. The van der Waals surface area contributed by atoms with Crippen LogP contribution < -0.4 is 0 Å². The molecule has 4 heteroatoms. The zero-order valence-electron chi connectivity index (χ0n) is 11.6. The first-order chi connectivity index (χ1) is 7.80. The van der Waals surface area contributed by atoms with Crippen molar-refractivity contribution in [3.63, 3.8) is 0 Å². The highest BCUT2D eigenvalue weighted by Crippen LogP contribution is 2.19. The molecule has 0 aromatic rings. The van der Waals surface area contributed by atoms with Crippen molar-refractivity contribution in [2.24, 2.45) is 15.8 Å². The summed E-state index contributed by atoms with van der Waals surface area (Å²) in [5.74, 6) is 0.327. The first kappa shape index (κ1) is 14.0. The van der Waals surface area contributed by atoms with Crippen molar-refractivity contribution in [1.29, 1.82) is 0 Å². The Balaban J connectivity index is 2.31. The summed E-state index contributed by atoms with van der Waals surface area (Å²) >= 11 is 0. The van der Waals surface area contributed by atoms with E-state index in [1.807, 2.05) is 31.7 Å². The van der Waals surface area contributed by atoms with Gasteiger partial charge in [0.05, 0.1) is 0 Å². The molecule has 0 saturated heterocycles. The van der Waals surface area contributed by atoms with Crippen molar-refractivity contribution >= 4 is 12.0 Å². The fraction of sp³-hybridized carbons (Fsp3) is 0.846. The van der Waals surface area contributed by atoms with Gasteiger partial charge in [-0.15, -0.1) is 4.68 Å². The lowest BCUT2D eigenvalue weighted by atomic mass is 9.87. The molecule has 1 unspecified atom stereocenters. The van der Waals surface area contributed by atoms with Crippen molar-refractivity contribution in [2.75, 3.05) is 0 Å². The SMILES string of the molecule is CC(C)[N+]1=CC(CCCC(=O)C(C)(C)C)N=N1. The topological polar surface area (TPSA) is 44.8 Å². The van der Waals surface area contributed by atoms with Crippen LogP contribution in [0, 0.1) is 5.41 Å². The summed E-state index contributed by atoms with van der Waals surface area (Å²) in [6.07, 6.45) is 4.49. The molecule has 1 aliphatic heterocycles. The van der Waals surface area contributed by atoms with E-state index in [0.717, 1.165) is 12.8 Å². The zero-order chi connectivity index (χ0) is 13.1. The number of hydrogen-bond acceptors (Lipinski definition) is 3. The molecule has 0 bridgehead atoms. The molecule has 0 saturated carbocycles. The highest BCUT2D eigenvalue weighted by atomic mass is 16.1. The van der Waals surface area contributed by atoms with E-state index in [9.17, 15) is 4.79 Å². The summed E-state index contributed by atoms with van der Waals surface area (Å²) in [6, 6.07) is 0.519. The lowest BCUT2D eigenvalue weighted by molar-refractivity contribution is -0.562. The Bertz CT molecular complexity index is 337. The molecule has 1 rings (SSSR count). The molecule has 0 aromatic carbocycles. The Morgan fingerprint density at radius 2 is 2.06 bits per heavy atom. The maximum atomic E-state index is 11.7. The van der Waals surface area contributed by atoms with Gasteiger partial charge in [0.15, 0.2) is 0 Å². The van der Waals surface area contributed by atoms with Crippen molar-refractivity contribution in [1.82, 2.24) is 0 Å². The third-order valence-corrected chi connectivity index (χ3v) is 2.90. The van der Waals surface area contributed by atoms with E-state index in [2.05, 4.69) is 24.2 Å². The van der Waals surface area contributed by atoms with Crippen LogP contribution >= 0.6 is 0 Å². The third kappa shape index (κ3) is 4.36. The summed E-state index contributed by atoms with van der Waals surface area (Å²) in [4.78, 5) is 11.7. The maximum absolute atomic E-state index is 11.7. The summed E-state index contributed by atoms with van der Waals surface area (Å²) in [7, 11) is 0. The average molecular weight is 238 g/mol. The molecule has 0 aromatic heterocycles. The van der Waals surface area contributed by atoms with Crippen LogP contribution in [-0.4, -0.2) is 28.8 Å². The molecule has 0 amide bonds. The molecule has 17 heavy (non-hydrogen) atoms. The minimum absolute atomic E-state index is 0.158.